The van der Waals surface area contributed by atoms with Gasteiger partial charge in [0.15, 0.2) is 0 Å². The van der Waals surface area contributed by atoms with Gasteiger partial charge in [0.25, 0.3) is 0 Å². The van der Waals surface area contributed by atoms with Crippen LogP contribution in [0.15, 0.2) is 28.9 Å². The molecule has 0 aliphatic rings. The van der Waals surface area contributed by atoms with Crippen molar-refractivity contribution in [1.82, 2.24) is 4.98 Å². The molecule has 16 heavy (non-hydrogen) atoms. The summed E-state index contributed by atoms with van der Waals surface area (Å²) >= 11 is 7.05. The smallest absolute Gasteiger partial charge is 0.150 e. The fourth-order valence-corrected chi connectivity index (χ4v) is 2.74. The van der Waals surface area contributed by atoms with Gasteiger partial charge in [-0.15, -0.1) is 11.8 Å². The van der Waals surface area contributed by atoms with E-state index in [4.69, 9.17) is 16.6 Å². The lowest BCUT2D eigenvalue weighted by molar-refractivity contribution is 0.580. The molecule has 2 aromatic rings. The van der Waals surface area contributed by atoms with E-state index in [0.29, 0.717) is 0 Å². The molecule has 0 aliphatic heterocycles. The van der Waals surface area contributed by atoms with Crippen LogP contribution in [0.3, 0.4) is 0 Å². The molecule has 84 valence electrons. The predicted molar refractivity (Wildman–Crippen MR) is 73.1 cm³/mol. The summed E-state index contributed by atoms with van der Waals surface area (Å²) in [5, 5.41) is 0. The van der Waals surface area contributed by atoms with E-state index in [1.807, 2.05) is 19.1 Å². The van der Waals surface area contributed by atoms with Gasteiger partial charge < -0.3 is 9.40 Å². The van der Waals surface area contributed by atoms with Gasteiger partial charge in [0.05, 0.1) is 16.2 Å². The van der Waals surface area contributed by atoms with E-state index in [9.17, 15) is 0 Å². The zero-order chi connectivity index (χ0) is 11.5. The van der Waals surface area contributed by atoms with Crippen molar-refractivity contribution in [2.75, 3.05) is 5.75 Å². The molecule has 0 aromatic carbocycles. The minimum absolute atomic E-state index is 0.846. The molecule has 1 N–H and O–H groups in total. The van der Waals surface area contributed by atoms with Crippen molar-refractivity contribution in [2.24, 2.45) is 0 Å². The lowest BCUT2D eigenvalue weighted by Crippen LogP contribution is -1.92. The maximum absolute atomic E-state index is 5.36. The Labute approximate surface area is 104 Å². The number of hydrogen-bond donors (Lipinski definition) is 1. The average molecular weight is 251 g/mol. The fourth-order valence-electron chi connectivity index (χ4n) is 1.54. The molecule has 0 amide bonds. The van der Waals surface area contributed by atoms with Crippen LogP contribution < -0.4 is 0 Å². The van der Waals surface area contributed by atoms with Crippen LogP contribution in [0.2, 0.25) is 0 Å². The Kier molecular flexibility index (Phi) is 3.51. The van der Waals surface area contributed by atoms with E-state index in [0.717, 1.165) is 32.7 Å². The normalized spacial score (nSPS) is 10.6. The van der Waals surface area contributed by atoms with Crippen molar-refractivity contribution < 1.29 is 4.42 Å². The number of rotatable bonds is 3. The van der Waals surface area contributed by atoms with Crippen LogP contribution in [0.25, 0.3) is 11.5 Å². The highest BCUT2D eigenvalue weighted by Crippen LogP contribution is 2.25. The molecule has 0 bridgehead atoms. The van der Waals surface area contributed by atoms with Crippen LogP contribution in [0.1, 0.15) is 18.2 Å². The average Bonchev–Trinajstić information content (AvgIpc) is 2.86. The van der Waals surface area contributed by atoms with Crippen molar-refractivity contribution in [2.45, 2.75) is 13.8 Å². The standard InChI is InChI=1S/C12H13NOS2/c1-3-16-12(15)9-7-10(13-8(9)2)11-5-4-6-14-11/h4-7,13H,3H2,1-2H3. The molecular weight excluding hydrogens is 238 g/mol. The second-order valence-corrected chi connectivity index (χ2v) is 5.36. The molecule has 0 fully saturated rings. The third-order valence-electron chi connectivity index (χ3n) is 2.30. The first kappa shape index (κ1) is 11.5. The molecule has 2 rings (SSSR count). The first-order valence-corrected chi connectivity index (χ1v) is 6.52. The van der Waals surface area contributed by atoms with Crippen LogP contribution in [0, 0.1) is 6.92 Å². The summed E-state index contributed by atoms with van der Waals surface area (Å²) in [5.41, 5.74) is 3.18. The number of furan rings is 1. The van der Waals surface area contributed by atoms with Crippen molar-refractivity contribution in [3.05, 3.63) is 35.7 Å². The summed E-state index contributed by atoms with van der Waals surface area (Å²) in [6.45, 7) is 4.14. The molecule has 0 unspecified atom stereocenters. The van der Waals surface area contributed by atoms with E-state index in [1.54, 1.807) is 18.0 Å². The molecule has 4 heteroatoms. The van der Waals surface area contributed by atoms with E-state index in [-0.39, 0.29) is 0 Å². The zero-order valence-electron chi connectivity index (χ0n) is 9.24. The molecule has 0 aliphatic carbocycles. The highest BCUT2D eigenvalue weighted by Gasteiger charge is 2.11. The monoisotopic (exact) mass is 251 g/mol. The van der Waals surface area contributed by atoms with Crippen molar-refractivity contribution >= 4 is 28.2 Å². The van der Waals surface area contributed by atoms with Gasteiger partial charge in [-0.3, -0.25) is 0 Å². The highest BCUT2D eigenvalue weighted by atomic mass is 32.2. The number of nitrogens with one attached hydrogen (secondary N) is 1. The maximum Gasteiger partial charge on any atom is 0.150 e. The number of aryl methyl sites for hydroxylation is 1. The van der Waals surface area contributed by atoms with Gasteiger partial charge >= 0.3 is 0 Å². The summed E-state index contributed by atoms with van der Waals surface area (Å²) in [7, 11) is 0. The quantitative estimate of drug-likeness (QED) is 0.836. The van der Waals surface area contributed by atoms with Crippen molar-refractivity contribution in [1.29, 1.82) is 0 Å². The Bertz CT molecular complexity index is 485. The fraction of sp³-hybridized carbons (Fsp3) is 0.250. The Hall–Kier alpha value is -1.00. The van der Waals surface area contributed by atoms with E-state index >= 15 is 0 Å². The van der Waals surface area contributed by atoms with Gasteiger partial charge in [-0.05, 0) is 30.9 Å². The van der Waals surface area contributed by atoms with Gasteiger partial charge in [0, 0.05) is 11.3 Å². The third-order valence-corrected chi connectivity index (χ3v) is 3.64. The van der Waals surface area contributed by atoms with Crippen LogP contribution in [-0.2, 0) is 0 Å². The summed E-state index contributed by atoms with van der Waals surface area (Å²) in [5.74, 6) is 1.85. The SMILES string of the molecule is CCSC(=S)c1cc(-c2ccco2)[nH]c1C. The second kappa shape index (κ2) is 4.89. The summed E-state index contributed by atoms with van der Waals surface area (Å²) in [6, 6.07) is 5.87. The summed E-state index contributed by atoms with van der Waals surface area (Å²) < 4.78 is 6.29. The van der Waals surface area contributed by atoms with Crippen LogP contribution in [0.4, 0.5) is 0 Å². The molecule has 0 saturated heterocycles. The van der Waals surface area contributed by atoms with E-state index in [2.05, 4.69) is 18.0 Å². The lowest BCUT2D eigenvalue weighted by atomic mass is 10.2. The first-order chi connectivity index (χ1) is 7.72. The lowest BCUT2D eigenvalue weighted by Gasteiger charge is -1.98. The molecule has 2 nitrogen and oxygen atoms in total. The minimum Gasteiger partial charge on any atom is -0.463 e. The maximum atomic E-state index is 5.36. The number of aromatic nitrogens is 1. The van der Waals surface area contributed by atoms with Crippen LogP contribution in [0.5, 0.6) is 0 Å². The Balaban J connectivity index is 2.32. The predicted octanol–water partition coefficient (Wildman–Crippen LogP) is 4.01. The Morgan fingerprint density at radius 1 is 1.56 bits per heavy atom. The zero-order valence-corrected chi connectivity index (χ0v) is 10.9. The van der Waals surface area contributed by atoms with Crippen molar-refractivity contribution in [3.8, 4) is 11.5 Å². The number of thioether (sulfide) groups is 1. The molecule has 0 radical (unpaired) electrons. The Morgan fingerprint density at radius 3 is 3.00 bits per heavy atom. The van der Waals surface area contributed by atoms with Crippen LogP contribution in [-0.4, -0.2) is 14.9 Å². The largest absolute Gasteiger partial charge is 0.463 e. The van der Waals surface area contributed by atoms with E-state index < -0.39 is 0 Å². The van der Waals surface area contributed by atoms with Gasteiger partial charge in [0.1, 0.15) is 5.76 Å². The molecule has 0 atom stereocenters. The van der Waals surface area contributed by atoms with Gasteiger partial charge in [-0.25, -0.2) is 0 Å². The molecular formula is C12H13NOS2. The molecule has 0 saturated carbocycles. The van der Waals surface area contributed by atoms with Gasteiger partial charge in [-0.2, -0.15) is 0 Å². The highest BCUT2D eigenvalue weighted by molar-refractivity contribution is 8.23. The topological polar surface area (TPSA) is 28.9 Å². The molecule has 0 spiro atoms. The van der Waals surface area contributed by atoms with Gasteiger partial charge in [0.2, 0.25) is 0 Å². The summed E-state index contributed by atoms with van der Waals surface area (Å²) in [6.07, 6.45) is 1.67. The first-order valence-electron chi connectivity index (χ1n) is 5.13. The minimum atomic E-state index is 0.846. The number of hydrogen-bond acceptors (Lipinski definition) is 3. The summed E-state index contributed by atoms with van der Waals surface area (Å²) in [4.78, 5) is 3.29. The second-order valence-electron chi connectivity index (χ2n) is 3.42. The Morgan fingerprint density at radius 2 is 2.38 bits per heavy atom. The molecule has 2 heterocycles. The number of thiocarbonyl (C=S) groups is 1. The number of H-pyrrole nitrogens is 1. The van der Waals surface area contributed by atoms with Crippen molar-refractivity contribution in [3.63, 3.8) is 0 Å². The van der Waals surface area contributed by atoms with Crippen LogP contribution >= 0.6 is 24.0 Å². The molecule has 2 aromatic heterocycles. The number of aromatic amines is 1. The van der Waals surface area contributed by atoms with Gasteiger partial charge in [-0.1, -0.05) is 19.1 Å². The van der Waals surface area contributed by atoms with E-state index in [1.165, 1.54) is 0 Å². The third kappa shape index (κ3) is 2.23.